The quantitative estimate of drug-likeness (QED) is 0.852. The largest absolute Gasteiger partial charge is 0.443 e. The summed E-state index contributed by atoms with van der Waals surface area (Å²) in [4.78, 5) is -0.151. The van der Waals surface area contributed by atoms with Crippen molar-refractivity contribution in [3.8, 4) is 5.75 Å². The van der Waals surface area contributed by atoms with Crippen LogP contribution >= 0.6 is 23.2 Å². The molecule has 7 heteroatoms. The number of benzene rings is 1. The van der Waals surface area contributed by atoms with Gasteiger partial charge in [-0.25, -0.2) is 13.6 Å². The van der Waals surface area contributed by atoms with Gasteiger partial charge in [0.05, 0.1) is 5.54 Å². The lowest BCUT2D eigenvalue weighted by Crippen LogP contribution is -2.13. The minimum Gasteiger partial charge on any atom is -0.443 e. The first kappa shape index (κ1) is 12.3. The van der Waals surface area contributed by atoms with Gasteiger partial charge in [0.2, 0.25) is 15.2 Å². The van der Waals surface area contributed by atoms with Crippen LogP contribution in [-0.2, 0) is 10.0 Å². The molecule has 0 spiro atoms. The summed E-state index contributed by atoms with van der Waals surface area (Å²) in [7, 11) is -3.84. The average molecular weight is 268 g/mol. The smallest absolute Gasteiger partial charge is 0.241 e. The van der Waals surface area contributed by atoms with E-state index in [1.807, 2.05) is 0 Å². The molecular formula is C8H7Cl2NO3S. The summed E-state index contributed by atoms with van der Waals surface area (Å²) >= 11 is 10.8. The van der Waals surface area contributed by atoms with Crippen LogP contribution in [0.25, 0.3) is 0 Å². The second-order valence-corrected chi connectivity index (χ2v) is 4.63. The van der Waals surface area contributed by atoms with Crippen molar-refractivity contribution in [2.75, 3.05) is 0 Å². The lowest BCUT2D eigenvalue weighted by Gasteiger charge is -2.07. The Kier molecular flexibility index (Phi) is 3.98. The number of primary sulfonamides is 1. The Morgan fingerprint density at radius 2 is 2.00 bits per heavy atom. The highest BCUT2D eigenvalue weighted by molar-refractivity contribution is 7.89. The van der Waals surface area contributed by atoms with E-state index in [0.29, 0.717) is 0 Å². The molecule has 2 N–H and O–H groups in total. The SMILES string of the molecule is NS(=O)(=O)c1ccccc1O/C(Cl)=C/Cl. The van der Waals surface area contributed by atoms with Crippen LogP contribution < -0.4 is 9.88 Å². The van der Waals surface area contributed by atoms with E-state index in [9.17, 15) is 8.42 Å². The van der Waals surface area contributed by atoms with E-state index in [4.69, 9.17) is 33.1 Å². The molecule has 0 saturated heterocycles. The van der Waals surface area contributed by atoms with Crippen molar-refractivity contribution in [3.63, 3.8) is 0 Å². The summed E-state index contributed by atoms with van der Waals surface area (Å²) in [6, 6.07) is 5.83. The molecule has 0 radical (unpaired) electrons. The van der Waals surface area contributed by atoms with E-state index in [2.05, 4.69) is 0 Å². The Hall–Kier alpha value is -0.750. The number of rotatable bonds is 3. The van der Waals surface area contributed by atoms with Crippen molar-refractivity contribution in [3.05, 3.63) is 35.0 Å². The molecule has 1 aromatic rings. The summed E-state index contributed by atoms with van der Waals surface area (Å²) in [5, 5.41) is 4.83. The van der Waals surface area contributed by atoms with Gasteiger partial charge in [-0.15, -0.1) is 0 Å². The predicted octanol–water partition coefficient (Wildman–Crippen LogP) is 1.99. The zero-order valence-corrected chi connectivity index (χ0v) is 9.68. The fourth-order valence-electron chi connectivity index (χ4n) is 0.897. The first-order valence-electron chi connectivity index (χ1n) is 3.70. The number of halogens is 2. The summed E-state index contributed by atoms with van der Waals surface area (Å²) < 4.78 is 27.2. The lowest BCUT2D eigenvalue weighted by molar-refractivity contribution is 0.449. The molecule has 0 fully saturated rings. The molecule has 4 nitrogen and oxygen atoms in total. The zero-order chi connectivity index (χ0) is 11.5. The molecule has 0 aliphatic carbocycles. The Morgan fingerprint density at radius 1 is 1.40 bits per heavy atom. The van der Waals surface area contributed by atoms with Crippen LogP contribution in [0.5, 0.6) is 5.75 Å². The van der Waals surface area contributed by atoms with E-state index in [0.717, 1.165) is 5.54 Å². The molecule has 0 unspecified atom stereocenters. The van der Waals surface area contributed by atoms with Crippen LogP contribution in [0.15, 0.2) is 39.9 Å². The second-order valence-electron chi connectivity index (χ2n) is 2.51. The standard InChI is InChI=1S/C8H7Cl2NO3S/c9-5-8(10)14-6-3-1-2-4-7(6)15(11,12)13/h1-5H,(H2,11,12,13)/b8-5+. The topological polar surface area (TPSA) is 69.4 Å². The van der Waals surface area contributed by atoms with Crippen molar-refractivity contribution in [2.24, 2.45) is 5.14 Å². The molecule has 0 heterocycles. The van der Waals surface area contributed by atoms with Gasteiger partial charge in [-0.1, -0.05) is 23.7 Å². The Labute approximate surface area is 97.3 Å². The predicted molar refractivity (Wildman–Crippen MR) is 58.2 cm³/mol. The lowest BCUT2D eigenvalue weighted by atomic mass is 10.3. The third kappa shape index (κ3) is 3.39. The summed E-state index contributed by atoms with van der Waals surface area (Å²) in [5.41, 5.74) is 0.974. The Morgan fingerprint density at radius 3 is 2.53 bits per heavy atom. The van der Waals surface area contributed by atoms with E-state index in [1.165, 1.54) is 18.2 Å². The van der Waals surface area contributed by atoms with Crippen LogP contribution in [0.4, 0.5) is 0 Å². The van der Waals surface area contributed by atoms with Gasteiger partial charge in [0.15, 0.2) is 0 Å². The minimum absolute atomic E-state index is 0.0295. The first-order valence-corrected chi connectivity index (χ1v) is 6.07. The highest BCUT2D eigenvalue weighted by Gasteiger charge is 2.14. The molecule has 0 bridgehead atoms. The maximum Gasteiger partial charge on any atom is 0.241 e. The fraction of sp³-hybridized carbons (Fsp3) is 0. The van der Waals surface area contributed by atoms with E-state index >= 15 is 0 Å². The van der Waals surface area contributed by atoms with E-state index in [-0.39, 0.29) is 15.9 Å². The van der Waals surface area contributed by atoms with Gasteiger partial charge >= 0.3 is 0 Å². The van der Waals surface area contributed by atoms with Crippen LogP contribution in [-0.4, -0.2) is 8.42 Å². The molecule has 0 aromatic heterocycles. The normalized spacial score (nSPS) is 12.6. The van der Waals surface area contributed by atoms with Gasteiger partial charge in [-0.05, 0) is 23.7 Å². The molecule has 1 aromatic carbocycles. The van der Waals surface area contributed by atoms with Gasteiger partial charge < -0.3 is 4.74 Å². The summed E-state index contributed by atoms with van der Waals surface area (Å²) in [6.45, 7) is 0. The monoisotopic (exact) mass is 267 g/mol. The molecule has 0 amide bonds. The molecule has 0 aliphatic heterocycles. The second kappa shape index (κ2) is 4.85. The molecule has 0 aliphatic rings. The van der Waals surface area contributed by atoms with Crippen molar-refractivity contribution in [2.45, 2.75) is 4.90 Å². The maximum atomic E-state index is 11.1. The highest BCUT2D eigenvalue weighted by Crippen LogP contribution is 2.24. The molecule has 1 rings (SSSR count). The molecule has 0 atom stereocenters. The van der Waals surface area contributed by atoms with Gasteiger partial charge in [0.25, 0.3) is 0 Å². The van der Waals surface area contributed by atoms with E-state index in [1.54, 1.807) is 6.07 Å². The Balaban J connectivity index is 3.19. The van der Waals surface area contributed by atoms with Crippen LogP contribution in [0.1, 0.15) is 0 Å². The minimum atomic E-state index is -3.84. The molecule has 0 saturated carbocycles. The van der Waals surface area contributed by atoms with Gasteiger partial charge in [0, 0.05) is 0 Å². The Bertz CT molecular complexity index is 484. The molecular weight excluding hydrogens is 261 g/mol. The number of para-hydroxylation sites is 1. The summed E-state index contributed by atoms with van der Waals surface area (Å²) in [5.74, 6) is 0.0295. The maximum absolute atomic E-state index is 11.1. The highest BCUT2D eigenvalue weighted by atomic mass is 35.5. The number of hydrogen-bond donors (Lipinski definition) is 1. The zero-order valence-electron chi connectivity index (χ0n) is 7.35. The van der Waals surface area contributed by atoms with E-state index < -0.39 is 10.0 Å². The third-order valence-electron chi connectivity index (χ3n) is 1.45. The van der Waals surface area contributed by atoms with Crippen molar-refractivity contribution < 1.29 is 13.2 Å². The molecule has 82 valence electrons. The van der Waals surface area contributed by atoms with Crippen LogP contribution in [0.2, 0.25) is 0 Å². The van der Waals surface area contributed by atoms with Crippen molar-refractivity contribution >= 4 is 33.2 Å². The average Bonchev–Trinajstić information content (AvgIpc) is 2.17. The number of nitrogens with two attached hydrogens (primary N) is 1. The van der Waals surface area contributed by atoms with Crippen LogP contribution in [0.3, 0.4) is 0 Å². The third-order valence-corrected chi connectivity index (χ3v) is 2.90. The molecule has 15 heavy (non-hydrogen) atoms. The fourth-order valence-corrected chi connectivity index (χ4v) is 1.68. The van der Waals surface area contributed by atoms with Crippen LogP contribution in [0, 0.1) is 0 Å². The number of sulfonamides is 1. The van der Waals surface area contributed by atoms with Crippen molar-refractivity contribution in [1.29, 1.82) is 0 Å². The number of ether oxygens (including phenoxy) is 1. The first-order chi connectivity index (χ1) is 6.95. The number of hydrogen-bond acceptors (Lipinski definition) is 3. The van der Waals surface area contributed by atoms with Crippen molar-refractivity contribution in [1.82, 2.24) is 0 Å². The van der Waals surface area contributed by atoms with Gasteiger partial charge in [-0.3, -0.25) is 0 Å². The van der Waals surface area contributed by atoms with Gasteiger partial charge in [0.1, 0.15) is 10.6 Å². The summed E-state index contributed by atoms with van der Waals surface area (Å²) in [6.07, 6.45) is 0. The van der Waals surface area contributed by atoms with Gasteiger partial charge in [-0.2, -0.15) is 0 Å².